The third kappa shape index (κ3) is 1.49. The predicted molar refractivity (Wildman–Crippen MR) is 38.7 cm³/mol. The molecular formula is C7H13NO2. The molecule has 0 amide bonds. The zero-order chi connectivity index (χ0) is 7.40. The van der Waals surface area contributed by atoms with Crippen LogP contribution in [0.15, 0.2) is 12.8 Å². The van der Waals surface area contributed by atoms with E-state index in [0.717, 1.165) is 0 Å². The van der Waals surface area contributed by atoms with Gasteiger partial charge in [-0.15, -0.1) is 0 Å². The predicted octanol–water partition coefficient (Wildman–Crippen LogP) is 0.133. The summed E-state index contributed by atoms with van der Waals surface area (Å²) in [5.74, 6) is 0. The summed E-state index contributed by atoms with van der Waals surface area (Å²) in [4.78, 5) is 0. The number of hydrogen-bond acceptors (Lipinski definition) is 3. The number of rotatable bonds is 3. The van der Waals surface area contributed by atoms with E-state index in [1.165, 1.54) is 0 Å². The lowest BCUT2D eigenvalue weighted by molar-refractivity contribution is 0.0751. The lowest BCUT2D eigenvalue weighted by Crippen LogP contribution is -2.36. The largest absolute Gasteiger partial charge is 0.384 e. The Kier molecular flexibility index (Phi) is 2.71. The molecule has 0 unspecified atom stereocenters. The van der Waals surface area contributed by atoms with Crippen LogP contribution in [0.3, 0.4) is 0 Å². The third-order valence-electron chi connectivity index (χ3n) is 1.66. The molecule has 0 aromatic carbocycles. The van der Waals surface area contributed by atoms with E-state index in [0.29, 0.717) is 13.2 Å². The van der Waals surface area contributed by atoms with E-state index < -0.39 is 0 Å². The summed E-state index contributed by atoms with van der Waals surface area (Å²) in [6.07, 6.45) is 1.85. The quantitative estimate of drug-likeness (QED) is 0.609. The van der Waals surface area contributed by atoms with Gasteiger partial charge in [-0.2, -0.15) is 0 Å². The maximum atomic E-state index is 5.18. The number of hydrogen-bond donors (Lipinski definition) is 1. The molecule has 1 saturated heterocycles. The molecule has 58 valence electrons. The van der Waals surface area contributed by atoms with Gasteiger partial charge >= 0.3 is 0 Å². The first kappa shape index (κ1) is 7.57. The van der Waals surface area contributed by atoms with Crippen LogP contribution >= 0.6 is 0 Å². The third-order valence-corrected chi connectivity index (χ3v) is 1.66. The van der Waals surface area contributed by atoms with Crippen LogP contribution in [0.4, 0.5) is 0 Å². The Balaban J connectivity index is 2.34. The van der Waals surface area contributed by atoms with Crippen molar-refractivity contribution >= 4 is 0 Å². The molecule has 3 nitrogen and oxygen atoms in total. The second kappa shape index (κ2) is 3.58. The zero-order valence-corrected chi connectivity index (χ0v) is 6.17. The average molecular weight is 143 g/mol. The molecule has 1 rings (SSSR count). The van der Waals surface area contributed by atoms with Gasteiger partial charge in [0.25, 0.3) is 0 Å². The summed E-state index contributed by atoms with van der Waals surface area (Å²) in [7, 11) is 1.69. The standard InChI is InChI=1S/C7H13NO2/c1-3-8-6-4-10-5-7(6)9-2/h3,6-8H,1,4-5H2,2H3/t6-,7-/m1/s1. The topological polar surface area (TPSA) is 30.5 Å². The highest BCUT2D eigenvalue weighted by Crippen LogP contribution is 2.07. The van der Waals surface area contributed by atoms with E-state index >= 15 is 0 Å². The van der Waals surface area contributed by atoms with Crippen LogP contribution in [0, 0.1) is 0 Å². The van der Waals surface area contributed by atoms with Crippen molar-refractivity contribution < 1.29 is 9.47 Å². The summed E-state index contributed by atoms with van der Waals surface area (Å²) >= 11 is 0. The summed E-state index contributed by atoms with van der Waals surface area (Å²) < 4.78 is 10.3. The van der Waals surface area contributed by atoms with E-state index in [1.54, 1.807) is 13.3 Å². The van der Waals surface area contributed by atoms with Gasteiger partial charge in [0.05, 0.1) is 19.3 Å². The van der Waals surface area contributed by atoms with Crippen molar-refractivity contribution in [3.05, 3.63) is 12.8 Å². The van der Waals surface area contributed by atoms with Crippen molar-refractivity contribution in [3.63, 3.8) is 0 Å². The van der Waals surface area contributed by atoms with Gasteiger partial charge in [-0.1, -0.05) is 6.58 Å². The lowest BCUT2D eigenvalue weighted by atomic mass is 10.2. The SMILES string of the molecule is C=CN[C@@H]1COC[C@H]1OC. The molecule has 0 radical (unpaired) electrons. The fourth-order valence-corrected chi connectivity index (χ4v) is 1.07. The van der Waals surface area contributed by atoms with Crippen molar-refractivity contribution in [2.75, 3.05) is 20.3 Å². The average Bonchev–Trinajstić information content (AvgIpc) is 2.36. The van der Waals surface area contributed by atoms with Crippen LogP contribution in [0.5, 0.6) is 0 Å². The maximum Gasteiger partial charge on any atom is 0.103 e. The van der Waals surface area contributed by atoms with E-state index in [9.17, 15) is 0 Å². The van der Waals surface area contributed by atoms with Crippen LogP contribution in [0.25, 0.3) is 0 Å². The molecule has 0 spiro atoms. The number of methoxy groups -OCH3 is 1. The Morgan fingerprint density at radius 3 is 3.10 bits per heavy atom. The molecule has 1 heterocycles. The molecule has 0 aromatic rings. The molecule has 0 saturated carbocycles. The Hall–Kier alpha value is -0.540. The first-order chi connectivity index (χ1) is 4.88. The van der Waals surface area contributed by atoms with Gasteiger partial charge in [-0.3, -0.25) is 0 Å². The Labute approximate surface area is 61.0 Å². The van der Waals surface area contributed by atoms with Gasteiger partial charge in [0.15, 0.2) is 0 Å². The summed E-state index contributed by atoms with van der Waals surface area (Å²) in [5, 5.41) is 3.06. The minimum atomic E-state index is 0.179. The van der Waals surface area contributed by atoms with Gasteiger partial charge in [0, 0.05) is 7.11 Å². The summed E-state index contributed by atoms with van der Waals surface area (Å²) in [6.45, 7) is 4.97. The van der Waals surface area contributed by atoms with E-state index in [4.69, 9.17) is 9.47 Å². The molecule has 1 N–H and O–H groups in total. The molecule has 0 aliphatic carbocycles. The monoisotopic (exact) mass is 143 g/mol. The zero-order valence-electron chi connectivity index (χ0n) is 6.17. The van der Waals surface area contributed by atoms with Crippen molar-refractivity contribution in [2.45, 2.75) is 12.1 Å². The van der Waals surface area contributed by atoms with Crippen molar-refractivity contribution in [1.82, 2.24) is 5.32 Å². The van der Waals surface area contributed by atoms with Gasteiger partial charge in [0.2, 0.25) is 0 Å². The first-order valence-electron chi connectivity index (χ1n) is 3.36. The Morgan fingerprint density at radius 2 is 2.50 bits per heavy atom. The fraction of sp³-hybridized carbons (Fsp3) is 0.714. The minimum Gasteiger partial charge on any atom is -0.384 e. The Bertz CT molecular complexity index is 116. The van der Waals surface area contributed by atoms with E-state index in [2.05, 4.69) is 11.9 Å². The second-order valence-electron chi connectivity index (χ2n) is 2.29. The van der Waals surface area contributed by atoms with Crippen LogP contribution in [-0.4, -0.2) is 32.5 Å². The minimum absolute atomic E-state index is 0.179. The van der Waals surface area contributed by atoms with Crippen LogP contribution in [0.2, 0.25) is 0 Å². The number of ether oxygens (including phenoxy) is 2. The summed E-state index contributed by atoms with van der Waals surface area (Å²) in [6, 6.07) is 0.280. The highest BCUT2D eigenvalue weighted by atomic mass is 16.5. The van der Waals surface area contributed by atoms with Crippen molar-refractivity contribution in [1.29, 1.82) is 0 Å². The normalized spacial score (nSPS) is 32.1. The van der Waals surface area contributed by atoms with Gasteiger partial charge < -0.3 is 14.8 Å². The fourth-order valence-electron chi connectivity index (χ4n) is 1.07. The summed E-state index contributed by atoms with van der Waals surface area (Å²) in [5.41, 5.74) is 0. The van der Waals surface area contributed by atoms with E-state index in [1.807, 2.05) is 0 Å². The van der Waals surface area contributed by atoms with E-state index in [-0.39, 0.29) is 12.1 Å². The molecule has 0 bridgehead atoms. The molecule has 3 heteroatoms. The highest BCUT2D eigenvalue weighted by Gasteiger charge is 2.26. The maximum absolute atomic E-state index is 5.18. The van der Waals surface area contributed by atoms with Crippen LogP contribution in [0.1, 0.15) is 0 Å². The Morgan fingerprint density at radius 1 is 1.70 bits per heavy atom. The molecule has 0 aromatic heterocycles. The molecule has 1 aliphatic rings. The van der Waals surface area contributed by atoms with Gasteiger partial charge in [-0.05, 0) is 6.20 Å². The van der Waals surface area contributed by atoms with Gasteiger partial charge in [-0.25, -0.2) is 0 Å². The number of nitrogens with one attached hydrogen (secondary N) is 1. The highest BCUT2D eigenvalue weighted by molar-refractivity contribution is 4.85. The molecule has 10 heavy (non-hydrogen) atoms. The van der Waals surface area contributed by atoms with Gasteiger partial charge in [0.1, 0.15) is 6.10 Å². The first-order valence-corrected chi connectivity index (χ1v) is 3.36. The molecular weight excluding hydrogens is 130 g/mol. The van der Waals surface area contributed by atoms with Crippen molar-refractivity contribution in [2.24, 2.45) is 0 Å². The van der Waals surface area contributed by atoms with Crippen LogP contribution in [-0.2, 0) is 9.47 Å². The molecule has 1 fully saturated rings. The molecule has 1 aliphatic heterocycles. The smallest absolute Gasteiger partial charge is 0.103 e. The van der Waals surface area contributed by atoms with Crippen molar-refractivity contribution in [3.8, 4) is 0 Å². The second-order valence-corrected chi connectivity index (χ2v) is 2.29. The lowest BCUT2D eigenvalue weighted by Gasteiger charge is -2.15. The van der Waals surface area contributed by atoms with Crippen LogP contribution < -0.4 is 5.32 Å². The molecule has 2 atom stereocenters.